The van der Waals surface area contributed by atoms with Crippen molar-refractivity contribution in [1.82, 2.24) is 0 Å². The average Bonchev–Trinajstić information content (AvgIpc) is 2.52. The van der Waals surface area contributed by atoms with Crippen LogP contribution in [0.4, 0.5) is 0 Å². The van der Waals surface area contributed by atoms with Gasteiger partial charge >= 0.3 is 5.97 Å². The molecule has 1 heterocycles. The largest absolute Gasteiger partial charge is 0.469 e. The van der Waals surface area contributed by atoms with E-state index in [9.17, 15) is 9.59 Å². The third-order valence-corrected chi connectivity index (χ3v) is 2.66. The molecule has 0 N–H and O–H groups in total. The smallest absolute Gasteiger partial charge is 0.310 e. The van der Waals surface area contributed by atoms with Crippen molar-refractivity contribution in [2.75, 3.05) is 7.11 Å². The van der Waals surface area contributed by atoms with Crippen molar-refractivity contribution in [3.63, 3.8) is 0 Å². The van der Waals surface area contributed by atoms with Crippen LogP contribution in [0.2, 0.25) is 0 Å². The number of Topliss-reactive ketones (excluding diaryl/α,β-unsaturated/α-hetero) is 1. The molecule has 0 unspecified atom stereocenters. The Kier molecular flexibility index (Phi) is 3.19. The summed E-state index contributed by atoms with van der Waals surface area (Å²) in [5, 5.41) is 1.80. The normalized spacial score (nSPS) is 9.69. The Morgan fingerprint density at radius 3 is 2.69 bits per heavy atom. The van der Waals surface area contributed by atoms with Crippen LogP contribution in [0.5, 0.6) is 0 Å². The molecule has 1 aromatic heterocycles. The summed E-state index contributed by atoms with van der Waals surface area (Å²) in [7, 11) is 1.35. The molecule has 0 bridgehead atoms. The van der Waals surface area contributed by atoms with Gasteiger partial charge in [-0.2, -0.15) is 0 Å². The molecule has 0 aliphatic heterocycles. The molecule has 0 aromatic carbocycles. The molecule has 3 nitrogen and oxygen atoms in total. The predicted octanol–water partition coefficient (Wildman–Crippen LogP) is 1.67. The van der Waals surface area contributed by atoms with Gasteiger partial charge in [-0.1, -0.05) is 0 Å². The van der Waals surface area contributed by atoms with E-state index in [2.05, 4.69) is 4.74 Å². The van der Waals surface area contributed by atoms with Crippen molar-refractivity contribution in [3.8, 4) is 0 Å². The van der Waals surface area contributed by atoms with Crippen molar-refractivity contribution in [2.24, 2.45) is 0 Å². The maximum Gasteiger partial charge on any atom is 0.310 e. The highest BCUT2D eigenvalue weighted by Crippen LogP contribution is 2.15. The van der Waals surface area contributed by atoms with Crippen molar-refractivity contribution in [2.45, 2.75) is 13.3 Å². The van der Waals surface area contributed by atoms with Crippen LogP contribution in [0.1, 0.15) is 22.2 Å². The summed E-state index contributed by atoms with van der Waals surface area (Å²) in [6, 6.07) is 1.73. The number of hydrogen-bond acceptors (Lipinski definition) is 4. The summed E-state index contributed by atoms with van der Waals surface area (Å²) in [6.45, 7) is 1.51. The van der Waals surface area contributed by atoms with Crippen LogP contribution in [-0.2, 0) is 16.0 Å². The monoisotopic (exact) mass is 198 g/mol. The lowest BCUT2D eigenvalue weighted by atomic mass is 10.2. The van der Waals surface area contributed by atoms with Gasteiger partial charge in [0, 0.05) is 0 Å². The topological polar surface area (TPSA) is 43.4 Å². The summed E-state index contributed by atoms with van der Waals surface area (Å²) >= 11 is 1.35. The first kappa shape index (κ1) is 9.92. The van der Waals surface area contributed by atoms with E-state index < -0.39 is 0 Å². The van der Waals surface area contributed by atoms with Gasteiger partial charge in [-0.05, 0) is 23.9 Å². The molecule has 13 heavy (non-hydrogen) atoms. The van der Waals surface area contributed by atoms with Gasteiger partial charge in [0.05, 0.1) is 18.4 Å². The highest BCUT2D eigenvalue weighted by Gasteiger charge is 2.07. The average molecular weight is 198 g/mol. The lowest BCUT2D eigenvalue weighted by Crippen LogP contribution is -2.03. The molecule has 70 valence electrons. The summed E-state index contributed by atoms with van der Waals surface area (Å²) in [5.74, 6) is -0.256. The molecule has 0 saturated heterocycles. The highest BCUT2D eigenvalue weighted by molar-refractivity contribution is 7.12. The first-order valence-corrected chi connectivity index (χ1v) is 4.66. The lowest BCUT2D eigenvalue weighted by molar-refractivity contribution is -0.139. The Hall–Kier alpha value is -1.16. The number of carbonyl (C=O) groups excluding carboxylic acids is 2. The minimum atomic E-state index is -0.284. The van der Waals surface area contributed by atoms with Crippen LogP contribution in [0.25, 0.3) is 0 Å². The van der Waals surface area contributed by atoms with E-state index in [1.807, 2.05) is 0 Å². The zero-order valence-corrected chi connectivity index (χ0v) is 8.31. The fourth-order valence-corrected chi connectivity index (χ4v) is 1.71. The van der Waals surface area contributed by atoms with Gasteiger partial charge in [-0.25, -0.2) is 0 Å². The molecule has 0 amide bonds. The molecule has 0 aliphatic carbocycles. The van der Waals surface area contributed by atoms with Crippen molar-refractivity contribution in [3.05, 3.63) is 21.9 Å². The van der Waals surface area contributed by atoms with Crippen LogP contribution in [-0.4, -0.2) is 18.9 Å². The first-order valence-electron chi connectivity index (χ1n) is 3.78. The Balaban J connectivity index is 2.69. The second-order valence-corrected chi connectivity index (χ2v) is 3.54. The third-order valence-electron chi connectivity index (χ3n) is 1.58. The predicted molar refractivity (Wildman–Crippen MR) is 50.0 cm³/mol. The van der Waals surface area contributed by atoms with Gasteiger partial charge in [0.25, 0.3) is 0 Å². The van der Waals surface area contributed by atoms with Gasteiger partial charge in [-0.15, -0.1) is 11.3 Å². The van der Waals surface area contributed by atoms with E-state index in [1.54, 1.807) is 11.4 Å². The molecule has 0 atom stereocenters. The van der Waals surface area contributed by atoms with Crippen LogP contribution >= 0.6 is 11.3 Å². The Morgan fingerprint density at radius 1 is 1.54 bits per heavy atom. The van der Waals surface area contributed by atoms with Crippen LogP contribution in [0.15, 0.2) is 11.4 Å². The van der Waals surface area contributed by atoms with E-state index in [0.29, 0.717) is 4.88 Å². The van der Waals surface area contributed by atoms with E-state index in [4.69, 9.17) is 0 Å². The number of hydrogen-bond donors (Lipinski definition) is 0. The minimum absolute atomic E-state index is 0.0288. The molecule has 4 heteroatoms. The Bertz CT molecular complexity index is 327. The molecule has 1 rings (SSSR count). The second kappa shape index (κ2) is 4.18. The summed E-state index contributed by atoms with van der Waals surface area (Å²) in [5.41, 5.74) is 0.835. The van der Waals surface area contributed by atoms with Gasteiger partial charge in [0.2, 0.25) is 0 Å². The number of thiophene rings is 1. The van der Waals surface area contributed by atoms with Gasteiger partial charge in [-0.3, -0.25) is 9.59 Å². The molecular weight excluding hydrogens is 188 g/mol. The number of ketones is 1. The zero-order chi connectivity index (χ0) is 9.84. The van der Waals surface area contributed by atoms with Gasteiger partial charge in [0.15, 0.2) is 5.78 Å². The summed E-state index contributed by atoms with van der Waals surface area (Å²) in [4.78, 5) is 22.4. The molecular formula is C9H10O3S. The summed E-state index contributed by atoms with van der Waals surface area (Å²) in [6.07, 6.45) is 0.236. The maximum atomic E-state index is 10.9. The van der Waals surface area contributed by atoms with Crippen molar-refractivity contribution in [1.29, 1.82) is 0 Å². The Morgan fingerprint density at radius 2 is 2.23 bits per heavy atom. The van der Waals surface area contributed by atoms with E-state index >= 15 is 0 Å². The van der Waals surface area contributed by atoms with Crippen LogP contribution in [0.3, 0.4) is 0 Å². The number of carbonyl (C=O) groups is 2. The second-order valence-electron chi connectivity index (χ2n) is 2.63. The number of ether oxygens (including phenoxy) is 1. The first-order chi connectivity index (χ1) is 6.13. The van der Waals surface area contributed by atoms with E-state index in [0.717, 1.165) is 5.56 Å². The van der Waals surface area contributed by atoms with E-state index in [1.165, 1.54) is 25.4 Å². The SMILES string of the molecule is COC(=O)Cc1csc(C(C)=O)c1. The Labute approximate surface area is 80.3 Å². The fraction of sp³-hybridized carbons (Fsp3) is 0.333. The maximum absolute atomic E-state index is 10.9. The van der Waals surface area contributed by atoms with Gasteiger partial charge < -0.3 is 4.74 Å². The molecule has 0 fully saturated rings. The number of esters is 1. The fourth-order valence-electron chi connectivity index (χ4n) is 0.892. The lowest BCUT2D eigenvalue weighted by Gasteiger charge is -1.94. The van der Waals surface area contributed by atoms with Gasteiger partial charge in [0.1, 0.15) is 0 Å². The molecule has 0 radical (unpaired) electrons. The minimum Gasteiger partial charge on any atom is -0.469 e. The standard InChI is InChI=1S/C9H10O3S/c1-6(10)8-3-7(5-13-8)4-9(11)12-2/h3,5H,4H2,1-2H3. The van der Waals surface area contributed by atoms with E-state index in [-0.39, 0.29) is 18.2 Å². The zero-order valence-electron chi connectivity index (χ0n) is 7.49. The van der Waals surface area contributed by atoms with Crippen LogP contribution in [0, 0.1) is 0 Å². The van der Waals surface area contributed by atoms with Crippen molar-refractivity contribution >= 4 is 23.1 Å². The molecule has 1 aromatic rings. The summed E-state index contributed by atoms with van der Waals surface area (Å²) < 4.78 is 4.50. The number of rotatable bonds is 3. The van der Waals surface area contributed by atoms with Crippen LogP contribution < -0.4 is 0 Å². The molecule has 0 aliphatic rings. The molecule has 0 saturated carbocycles. The number of methoxy groups -OCH3 is 1. The highest BCUT2D eigenvalue weighted by atomic mass is 32.1. The third kappa shape index (κ3) is 2.66. The van der Waals surface area contributed by atoms with Crippen molar-refractivity contribution < 1.29 is 14.3 Å². The molecule has 0 spiro atoms. The quantitative estimate of drug-likeness (QED) is 0.548.